The first-order chi connectivity index (χ1) is 10.0. The van der Waals surface area contributed by atoms with Crippen molar-refractivity contribution in [3.63, 3.8) is 0 Å². The highest BCUT2D eigenvalue weighted by molar-refractivity contribution is 5.88. The van der Waals surface area contributed by atoms with Gasteiger partial charge in [0.05, 0.1) is 18.8 Å². The minimum Gasteiger partial charge on any atom is -0.478 e. The quantitative estimate of drug-likeness (QED) is 0.878. The minimum absolute atomic E-state index is 0.128. The number of carboxylic acid groups (broad SMARTS) is 1. The molecule has 2 amide bonds. The number of morpholine rings is 1. The summed E-state index contributed by atoms with van der Waals surface area (Å²) in [6.45, 7) is 2.99. The van der Waals surface area contributed by atoms with Gasteiger partial charge in [-0.3, -0.25) is 0 Å². The molecule has 0 radical (unpaired) electrons. The van der Waals surface area contributed by atoms with Crippen LogP contribution in [0.1, 0.15) is 34.7 Å². The number of likely N-dealkylation sites (tertiary alicyclic amines) is 1. The molecule has 3 heterocycles. The third-order valence-corrected chi connectivity index (χ3v) is 3.94. The largest absolute Gasteiger partial charge is 0.478 e. The number of carbonyl (C=O) groups excluding carboxylic acids is 1. The zero-order valence-corrected chi connectivity index (χ0v) is 11.8. The van der Waals surface area contributed by atoms with Crippen LogP contribution in [0.2, 0.25) is 0 Å². The summed E-state index contributed by atoms with van der Waals surface area (Å²) in [6, 6.07) is 1.28. The fourth-order valence-corrected chi connectivity index (χ4v) is 2.90. The number of aryl methyl sites for hydroxylation is 1. The average Bonchev–Trinajstić information content (AvgIpc) is 2.98. The molecular formula is C14H18N2O5. The summed E-state index contributed by atoms with van der Waals surface area (Å²) in [4.78, 5) is 24.8. The van der Waals surface area contributed by atoms with Gasteiger partial charge in [0.2, 0.25) is 0 Å². The number of ether oxygens (including phenoxy) is 1. The van der Waals surface area contributed by atoms with E-state index in [2.05, 4.69) is 5.32 Å². The lowest BCUT2D eigenvalue weighted by Gasteiger charge is -2.32. The summed E-state index contributed by atoms with van der Waals surface area (Å²) in [6.07, 6.45) is 2.32. The second-order valence-corrected chi connectivity index (χ2v) is 5.51. The SMILES string of the molecule is Cc1oc(CNC(=O)N2CC3CCC(C2)O3)cc1C(=O)O. The van der Waals surface area contributed by atoms with Crippen molar-refractivity contribution in [2.45, 2.75) is 38.5 Å². The molecule has 7 heteroatoms. The number of nitrogens with zero attached hydrogens (tertiary/aromatic N) is 1. The lowest BCUT2D eigenvalue weighted by molar-refractivity contribution is -0.0238. The number of hydrogen-bond acceptors (Lipinski definition) is 4. The Morgan fingerprint density at radius 3 is 2.62 bits per heavy atom. The second-order valence-electron chi connectivity index (χ2n) is 5.51. The van der Waals surface area contributed by atoms with Gasteiger partial charge in [-0.2, -0.15) is 0 Å². The maximum Gasteiger partial charge on any atom is 0.339 e. The van der Waals surface area contributed by atoms with Crippen molar-refractivity contribution in [3.8, 4) is 0 Å². The van der Waals surface area contributed by atoms with Gasteiger partial charge in [-0.05, 0) is 25.8 Å². The molecule has 7 nitrogen and oxygen atoms in total. The van der Waals surface area contributed by atoms with E-state index in [1.807, 2.05) is 0 Å². The molecule has 3 rings (SSSR count). The summed E-state index contributed by atoms with van der Waals surface area (Å²) < 4.78 is 11.0. The standard InChI is InChI=1S/C14H18N2O5/c1-8-12(13(17)18)4-11(20-8)5-15-14(19)16-6-9-2-3-10(7-16)21-9/h4,9-10H,2-3,5-7H2,1H3,(H,15,19)(H,17,18). The Morgan fingerprint density at radius 1 is 1.38 bits per heavy atom. The van der Waals surface area contributed by atoms with E-state index in [0.717, 1.165) is 12.8 Å². The van der Waals surface area contributed by atoms with Crippen molar-refractivity contribution in [2.24, 2.45) is 0 Å². The number of carbonyl (C=O) groups is 2. The summed E-state index contributed by atoms with van der Waals surface area (Å²) in [5.74, 6) is -0.246. The van der Waals surface area contributed by atoms with E-state index in [4.69, 9.17) is 14.3 Å². The number of furan rings is 1. The Bertz CT molecular complexity index is 556. The molecule has 0 saturated carbocycles. The molecule has 114 valence electrons. The summed E-state index contributed by atoms with van der Waals surface area (Å²) >= 11 is 0. The van der Waals surface area contributed by atoms with E-state index in [-0.39, 0.29) is 30.3 Å². The van der Waals surface area contributed by atoms with Crippen LogP contribution in [0.3, 0.4) is 0 Å². The summed E-state index contributed by atoms with van der Waals surface area (Å²) in [7, 11) is 0. The van der Waals surface area contributed by atoms with Crippen LogP contribution in [0.4, 0.5) is 4.79 Å². The van der Waals surface area contributed by atoms with Crippen LogP contribution >= 0.6 is 0 Å². The van der Waals surface area contributed by atoms with Crippen molar-refractivity contribution in [3.05, 3.63) is 23.2 Å². The van der Waals surface area contributed by atoms with Gasteiger partial charge in [0, 0.05) is 13.1 Å². The Labute approximate surface area is 121 Å². The van der Waals surface area contributed by atoms with E-state index in [9.17, 15) is 9.59 Å². The number of hydrogen-bond donors (Lipinski definition) is 2. The number of aromatic carboxylic acids is 1. The van der Waals surface area contributed by atoms with E-state index >= 15 is 0 Å². The predicted molar refractivity (Wildman–Crippen MR) is 72.1 cm³/mol. The van der Waals surface area contributed by atoms with Gasteiger partial charge < -0.3 is 24.5 Å². The number of fused-ring (bicyclic) bond motifs is 2. The molecule has 2 saturated heterocycles. The number of urea groups is 1. The van der Waals surface area contributed by atoms with Crippen LogP contribution in [0, 0.1) is 6.92 Å². The number of rotatable bonds is 3. The summed E-state index contributed by atoms with van der Waals surface area (Å²) in [5, 5.41) is 11.7. The molecule has 2 N–H and O–H groups in total. The minimum atomic E-state index is -1.03. The van der Waals surface area contributed by atoms with Gasteiger partial charge in [0.1, 0.15) is 17.1 Å². The van der Waals surface area contributed by atoms with Crippen molar-refractivity contribution in [2.75, 3.05) is 13.1 Å². The van der Waals surface area contributed by atoms with Gasteiger partial charge in [-0.15, -0.1) is 0 Å². The first-order valence-electron chi connectivity index (χ1n) is 7.04. The third kappa shape index (κ3) is 2.87. The van der Waals surface area contributed by atoms with Crippen molar-refractivity contribution >= 4 is 12.0 Å². The van der Waals surface area contributed by atoms with Crippen LogP contribution < -0.4 is 5.32 Å². The summed E-state index contributed by atoms with van der Waals surface area (Å²) in [5.41, 5.74) is 0.128. The second kappa shape index (κ2) is 5.40. The lowest BCUT2D eigenvalue weighted by Crippen LogP contribution is -2.49. The van der Waals surface area contributed by atoms with Gasteiger partial charge in [-0.1, -0.05) is 0 Å². The maximum atomic E-state index is 12.1. The van der Waals surface area contributed by atoms with E-state index in [0.29, 0.717) is 24.6 Å². The molecule has 2 fully saturated rings. The molecule has 2 unspecified atom stereocenters. The highest BCUT2D eigenvalue weighted by Gasteiger charge is 2.35. The first-order valence-corrected chi connectivity index (χ1v) is 7.04. The van der Waals surface area contributed by atoms with Gasteiger partial charge in [0.15, 0.2) is 0 Å². The topological polar surface area (TPSA) is 92.0 Å². The highest BCUT2D eigenvalue weighted by Crippen LogP contribution is 2.26. The van der Waals surface area contributed by atoms with Crippen LogP contribution in [0.15, 0.2) is 10.5 Å². The monoisotopic (exact) mass is 294 g/mol. The molecule has 2 aliphatic heterocycles. The molecule has 1 aromatic heterocycles. The van der Waals surface area contributed by atoms with Crippen LogP contribution in [-0.4, -0.2) is 47.3 Å². The Hall–Kier alpha value is -2.02. The van der Waals surface area contributed by atoms with Crippen molar-refractivity contribution in [1.29, 1.82) is 0 Å². The number of nitrogens with one attached hydrogen (secondary N) is 1. The lowest BCUT2D eigenvalue weighted by atomic mass is 10.2. The fraction of sp³-hybridized carbons (Fsp3) is 0.571. The van der Waals surface area contributed by atoms with Crippen molar-refractivity contribution < 1.29 is 23.8 Å². The highest BCUT2D eigenvalue weighted by atomic mass is 16.5. The normalized spacial score (nSPS) is 24.1. The number of carboxylic acids is 1. The van der Waals surface area contributed by atoms with Crippen LogP contribution in [0.5, 0.6) is 0 Å². The smallest absolute Gasteiger partial charge is 0.339 e. The van der Waals surface area contributed by atoms with E-state index in [1.165, 1.54) is 6.07 Å². The van der Waals surface area contributed by atoms with Gasteiger partial charge in [0.25, 0.3) is 0 Å². The zero-order chi connectivity index (χ0) is 15.0. The average molecular weight is 294 g/mol. The van der Waals surface area contributed by atoms with E-state index in [1.54, 1.807) is 11.8 Å². The molecule has 0 aliphatic carbocycles. The predicted octanol–water partition coefficient (Wildman–Crippen LogP) is 1.36. The Kier molecular flexibility index (Phi) is 3.59. The third-order valence-electron chi connectivity index (χ3n) is 3.94. The molecule has 1 aromatic rings. The molecule has 2 atom stereocenters. The van der Waals surface area contributed by atoms with Crippen LogP contribution in [-0.2, 0) is 11.3 Å². The molecule has 2 bridgehead atoms. The Morgan fingerprint density at radius 2 is 2.05 bits per heavy atom. The van der Waals surface area contributed by atoms with Crippen LogP contribution in [0.25, 0.3) is 0 Å². The maximum absolute atomic E-state index is 12.1. The van der Waals surface area contributed by atoms with Crippen molar-refractivity contribution in [1.82, 2.24) is 10.2 Å². The van der Waals surface area contributed by atoms with E-state index < -0.39 is 5.97 Å². The molecule has 0 spiro atoms. The molecular weight excluding hydrogens is 276 g/mol. The van der Waals surface area contributed by atoms with Gasteiger partial charge >= 0.3 is 12.0 Å². The molecule has 2 aliphatic rings. The fourth-order valence-electron chi connectivity index (χ4n) is 2.90. The van der Waals surface area contributed by atoms with Gasteiger partial charge in [-0.25, -0.2) is 9.59 Å². The Balaban J connectivity index is 1.56. The molecule has 21 heavy (non-hydrogen) atoms. The first kappa shape index (κ1) is 13.9. The number of amides is 2. The molecule has 0 aromatic carbocycles. The zero-order valence-electron chi connectivity index (χ0n) is 11.8.